The van der Waals surface area contributed by atoms with Crippen LogP contribution in [0.15, 0.2) is 0 Å². The molecule has 1 unspecified atom stereocenters. The second kappa shape index (κ2) is 3.97. The fourth-order valence-corrected chi connectivity index (χ4v) is 2.92. The van der Waals surface area contributed by atoms with Crippen molar-refractivity contribution in [1.29, 1.82) is 0 Å². The molecule has 2 aliphatic heterocycles. The van der Waals surface area contributed by atoms with Gasteiger partial charge in [-0.05, 0) is 45.7 Å². The lowest BCUT2D eigenvalue weighted by Crippen LogP contribution is -2.47. The largest absolute Gasteiger partial charge is 0.311 e. The first-order valence-electron chi connectivity index (χ1n) is 5.76. The van der Waals surface area contributed by atoms with Gasteiger partial charge in [0.05, 0.1) is 0 Å². The van der Waals surface area contributed by atoms with Gasteiger partial charge in [0.2, 0.25) is 0 Å². The molecule has 2 heterocycles. The number of nitrogens with one attached hydrogen (secondary N) is 1. The molecule has 76 valence electrons. The van der Waals surface area contributed by atoms with Gasteiger partial charge in [0.25, 0.3) is 0 Å². The molecule has 2 fully saturated rings. The predicted molar refractivity (Wildman–Crippen MR) is 55.9 cm³/mol. The zero-order valence-electron chi connectivity index (χ0n) is 8.92. The Kier molecular flexibility index (Phi) is 2.89. The van der Waals surface area contributed by atoms with Gasteiger partial charge in [-0.2, -0.15) is 0 Å². The van der Waals surface area contributed by atoms with Crippen LogP contribution in [-0.4, -0.2) is 36.6 Å². The summed E-state index contributed by atoms with van der Waals surface area (Å²) >= 11 is 0. The zero-order chi connectivity index (χ0) is 9.26. The van der Waals surface area contributed by atoms with Crippen LogP contribution >= 0.6 is 0 Å². The highest BCUT2D eigenvalue weighted by molar-refractivity contribution is 4.94. The first-order chi connectivity index (χ1) is 6.29. The lowest BCUT2D eigenvalue weighted by Gasteiger charge is -2.35. The average molecular weight is 182 g/mol. The van der Waals surface area contributed by atoms with Crippen LogP contribution in [0.4, 0.5) is 0 Å². The second-order valence-corrected chi connectivity index (χ2v) is 4.74. The van der Waals surface area contributed by atoms with Crippen LogP contribution in [0.2, 0.25) is 0 Å². The van der Waals surface area contributed by atoms with E-state index in [-0.39, 0.29) is 0 Å². The Morgan fingerprint density at radius 2 is 1.85 bits per heavy atom. The molecule has 1 N–H and O–H groups in total. The Bertz CT molecular complexity index is 157. The summed E-state index contributed by atoms with van der Waals surface area (Å²) in [6, 6.07) is 2.53. The summed E-state index contributed by atoms with van der Waals surface area (Å²) in [5, 5.41) is 3.69. The van der Waals surface area contributed by atoms with E-state index in [1.807, 2.05) is 0 Å². The molecule has 13 heavy (non-hydrogen) atoms. The van der Waals surface area contributed by atoms with E-state index < -0.39 is 0 Å². The number of nitrogens with zero attached hydrogens (tertiary/aromatic N) is 1. The molecule has 2 bridgehead atoms. The molecule has 2 rings (SSSR count). The van der Waals surface area contributed by atoms with E-state index in [0.29, 0.717) is 0 Å². The van der Waals surface area contributed by atoms with E-state index in [0.717, 1.165) is 18.1 Å². The first-order valence-corrected chi connectivity index (χ1v) is 5.76. The van der Waals surface area contributed by atoms with Crippen molar-refractivity contribution in [3.05, 3.63) is 0 Å². The second-order valence-electron chi connectivity index (χ2n) is 4.74. The minimum absolute atomic E-state index is 0.836. The number of fused-ring (bicyclic) bond motifs is 2. The highest BCUT2D eigenvalue weighted by Crippen LogP contribution is 2.29. The Hall–Kier alpha value is -0.0800. The molecule has 0 saturated carbocycles. The lowest BCUT2D eigenvalue weighted by molar-refractivity contribution is 0.173. The third-order valence-corrected chi connectivity index (χ3v) is 3.65. The maximum Gasteiger partial charge on any atom is 0.0122 e. The number of hydrogen-bond acceptors (Lipinski definition) is 2. The van der Waals surface area contributed by atoms with Gasteiger partial charge in [-0.3, -0.25) is 0 Å². The molecule has 0 spiro atoms. The molecule has 2 heteroatoms. The number of hydrogen-bond donors (Lipinski definition) is 1. The molecule has 0 aliphatic carbocycles. The zero-order valence-corrected chi connectivity index (χ0v) is 8.92. The van der Waals surface area contributed by atoms with Crippen molar-refractivity contribution in [3.8, 4) is 0 Å². The van der Waals surface area contributed by atoms with Gasteiger partial charge >= 0.3 is 0 Å². The van der Waals surface area contributed by atoms with Crippen molar-refractivity contribution in [3.63, 3.8) is 0 Å². The van der Waals surface area contributed by atoms with Gasteiger partial charge in [0.1, 0.15) is 0 Å². The molecule has 0 aromatic carbocycles. The fraction of sp³-hybridized carbons (Fsp3) is 1.00. The topological polar surface area (TPSA) is 15.3 Å². The van der Waals surface area contributed by atoms with E-state index in [1.165, 1.54) is 38.6 Å². The average Bonchev–Trinajstić information content (AvgIpc) is 2.46. The van der Waals surface area contributed by atoms with Crippen LogP contribution < -0.4 is 5.32 Å². The smallest absolute Gasteiger partial charge is 0.0122 e. The van der Waals surface area contributed by atoms with E-state index in [4.69, 9.17) is 0 Å². The monoisotopic (exact) mass is 182 g/mol. The van der Waals surface area contributed by atoms with Crippen LogP contribution in [0, 0.1) is 0 Å². The van der Waals surface area contributed by atoms with E-state index in [2.05, 4.69) is 24.2 Å². The van der Waals surface area contributed by atoms with Crippen LogP contribution in [0.1, 0.15) is 39.0 Å². The van der Waals surface area contributed by atoms with Crippen LogP contribution in [0.3, 0.4) is 0 Å². The van der Waals surface area contributed by atoms with Crippen molar-refractivity contribution in [2.45, 2.75) is 57.2 Å². The Labute approximate surface area is 81.7 Å². The first kappa shape index (κ1) is 9.47. The number of piperidine rings is 1. The summed E-state index contributed by atoms with van der Waals surface area (Å²) in [5.41, 5.74) is 0. The van der Waals surface area contributed by atoms with Gasteiger partial charge in [0, 0.05) is 18.1 Å². The summed E-state index contributed by atoms with van der Waals surface area (Å²) in [7, 11) is 2.29. The summed E-state index contributed by atoms with van der Waals surface area (Å²) < 4.78 is 0. The van der Waals surface area contributed by atoms with Crippen molar-refractivity contribution >= 4 is 0 Å². The van der Waals surface area contributed by atoms with Crippen molar-refractivity contribution < 1.29 is 0 Å². The van der Waals surface area contributed by atoms with E-state index >= 15 is 0 Å². The Morgan fingerprint density at radius 3 is 2.38 bits per heavy atom. The van der Waals surface area contributed by atoms with Gasteiger partial charge in [-0.25, -0.2) is 0 Å². The molecule has 2 nitrogen and oxygen atoms in total. The van der Waals surface area contributed by atoms with Crippen LogP contribution in [-0.2, 0) is 0 Å². The normalized spacial score (nSPS) is 38.5. The predicted octanol–water partition coefficient (Wildman–Crippen LogP) is 1.61. The van der Waals surface area contributed by atoms with E-state index in [1.54, 1.807) is 0 Å². The van der Waals surface area contributed by atoms with Crippen molar-refractivity contribution in [2.75, 3.05) is 13.6 Å². The third kappa shape index (κ3) is 2.05. The minimum atomic E-state index is 0.836. The molecule has 0 aromatic heterocycles. The molecule has 3 atom stereocenters. The van der Waals surface area contributed by atoms with Gasteiger partial charge in [0.15, 0.2) is 0 Å². The van der Waals surface area contributed by atoms with E-state index in [9.17, 15) is 0 Å². The summed E-state index contributed by atoms with van der Waals surface area (Å²) in [6.45, 7) is 3.54. The third-order valence-electron chi connectivity index (χ3n) is 3.65. The van der Waals surface area contributed by atoms with Gasteiger partial charge in [-0.15, -0.1) is 0 Å². The summed E-state index contributed by atoms with van der Waals surface area (Å²) in [5.74, 6) is 0. The maximum atomic E-state index is 3.69. The van der Waals surface area contributed by atoms with Crippen molar-refractivity contribution in [1.82, 2.24) is 10.2 Å². The molecular formula is C11H22N2. The molecule has 0 aromatic rings. The van der Waals surface area contributed by atoms with Crippen LogP contribution in [0.5, 0.6) is 0 Å². The summed E-state index contributed by atoms with van der Waals surface area (Å²) in [6.07, 6.45) is 6.89. The minimum Gasteiger partial charge on any atom is -0.311 e. The molecule has 0 radical (unpaired) electrons. The highest BCUT2D eigenvalue weighted by atomic mass is 15.2. The SMILES string of the molecule is CCCN(C)C1C[C@H]2CC[C@@H](C1)N2. The number of rotatable bonds is 3. The lowest BCUT2D eigenvalue weighted by atomic mass is 9.98. The molecule has 2 aliphatic rings. The Balaban J connectivity index is 1.87. The molecule has 2 saturated heterocycles. The highest BCUT2D eigenvalue weighted by Gasteiger charge is 2.34. The quantitative estimate of drug-likeness (QED) is 0.713. The maximum absolute atomic E-state index is 3.69. The Morgan fingerprint density at radius 1 is 1.23 bits per heavy atom. The summed E-state index contributed by atoms with van der Waals surface area (Å²) in [4.78, 5) is 2.56. The standard InChI is InChI=1S/C11H22N2/c1-3-6-13(2)11-7-9-4-5-10(8-11)12-9/h9-12H,3-8H2,1-2H3/t9-,10+,11?. The van der Waals surface area contributed by atoms with Crippen LogP contribution in [0.25, 0.3) is 0 Å². The fourth-order valence-electron chi connectivity index (χ4n) is 2.92. The molecule has 0 amide bonds. The van der Waals surface area contributed by atoms with Crippen molar-refractivity contribution in [2.24, 2.45) is 0 Å². The van der Waals surface area contributed by atoms with Gasteiger partial charge < -0.3 is 10.2 Å². The molecular weight excluding hydrogens is 160 g/mol. The van der Waals surface area contributed by atoms with Gasteiger partial charge in [-0.1, -0.05) is 6.92 Å².